The minimum absolute atomic E-state index is 0.166. The van der Waals surface area contributed by atoms with Crippen molar-refractivity contribution >= 4 is 16.1 Å². The number of piperidine rings is 1. The zero-order chi connectivity index (χ0) is 14.6. The zero-order valence-electron chi connectivity index (χ0n) is 11.2. The summed E-state index contributed by atoms with van der Waals surface area (Å²) in [7, 11) is -3.57. The highest BCUT2D eigenvalue weighted by Gasteiger charge is 2.30. The lowest BCUT2D eigenvalue weighted by atomic mass is 9.99. The summed E-state index contributed by atoms with van der Waals surface area (Å²) in [5.41, 5.74) is 6.15. The highest BCUT2D eigenvalue weighted by molar-refractivity contribution is 7.87. The molecule has 20 heavy (non-hydrogen) atoms. The highest BCUT2D eigenvalue weighted by atomic mass is 32.2. The summed E-state index contributed by atoms with van der Waals surface area (Å²) in [6, 6.07) is 9.29. The Morgan fingerprint density at radius 3 is 2.70 bits per heavy atom. The Kier molecular flexibility index (Phi) is 4.74. The first kappa shape index (κ1) is 15.0. The number of nitrogens with one attached hydrogen (secondary N) is 1. The van der Waals surface area contributed by atoms with Gasteiger partial charge < -0.3 is 5.73 Å². The van der Waals surface area contributed by atoms with Crippen molar-refractivity contribution in [2.75, 3.05) is 13.1 Å². The molecular weight excluding hydrogens is 278 g/mol. The predicted octanol–water partition coefficient (Wildman–Crippen LogP) is 0.218. The van der Waals surface area contributed by atoms with E-state index in [4.69, 9.17) is 5.73 Å². The van der Waals surface area contributed by atoms with E-state index in [1.807, 2.05) is 30.3 Å². The number of amides is 1. The third-order valence-electron chi connectivity index (χ3n) is 3.43. The van der Waals surface area contributed by atoms with Crippen LogP contribution in [0.15, 0.2) is 30.3 Å². The monoisotopic (exact) mass is 297 g/mol. The summed E-state index contributed by atoms with van der Waals surface area (Å²) in [5, 5.41) is 0. The van der Waals surface area contributed by atoms with E-state index in [9.17, 15) is 13.2 Å². The van der Waals surface area contributed by atoms with Gasteiger partial charge >= 0.3 is 0 Å². The lowest BCUT2D eigenvalue weighted by Gasteiger charge is -2.30. The van der Waals surface area contributed by atoms with Gasteiger partial charge in [0.25, 0.3) is 10.2 Å². The largest absolute Gasteiger partial charge is 0.369 e. The molecule has 1 aliphatic rings. The van der Waals surface area contributed by atoms with Crippen molar-refractivity contribution in [2.45, 2.75) is 19.4 Å². The van der Waals surface area contributed by atoms with Crippen molar-refractivity contribution in [3.63, 3.8) is 0 Å². The van der Waals surface area contributed by atoms with E-state index in [1.165, 1.54) is 4.31 Å². The van der Waals surface area contributed by atoms with Crippen LogP contribution in [0.2, 0.25) is 0 Å². The first-order valence-corrected chi connectivity index (χ1v) is 8.01. The Labute approximate surface area is 119 Å². The second-order valence-electron chi connectivity index (χ2n) is 4.91. The van der Waals surface area contributed by atoms with Gasteiger partial charge in [-0.05, 0) is 18.4 Å². The molecule has 1 fully saturated rings. The average molecular weight is 297 g/mol. The number of carbonyl (C=O) groups excluding carboxylic acids is 1. The van der Waals surface area contributed by atoms with E-state index >= 15 is 0 Å². The fourth-order valence-electron chi connectivity index (χ4n) is 2.25. The second kappa shape index (κ2) is 6.34. The predicted molar refractivity (Wildman–Crippen MR) is 75.7 cm³/mol. The van der Waals surface area contributed by atoms with E-state index < -0.39 is 22.0 Å². The number of hydrogen-bond donors (Lipinski definition) is 2. The van der Waals surface area contributed by atoms with Crippen LogP contribution >= 0.6 is 0 Å². The quantitative estimate of drug-likeness (QED) is 0.814. The molecule has 1 amide bonds. The van der Waals surface area contributed by atoms with Crippen LogP contribution in [0.25, 0.3) is 0 Å². The molecule has 1 aromatic carbocycles. The number of hydrogen-bond acceptors (Lipinski definition) is 3. The molecule has 0 aromatic heterocycles. The molecule has 0 aliphatic carbocycles. The Balaban J connectivity index is 1.97. The summed E-state index contributed by atoms with van der Waals surface area (Å²) in [6.07, 6.45) is 1.31. The Bertz CT molecular complexity index is 559. The van der Waals surface area contributed by atoms with Gasteiger partial charge in [0, 0.05) is 19.6 Å². The summed E-state index contributed by atoms with van der Waals surface area (Å²) in [4.78, 5) is 11.2. The maximum atomic E-state index is 12.2. The van der Waals surface area contributed by atoms with Gasteiger partial charge in [0.15, 0.2) is 0 Å². The normalized spacial score (nSPS) is 20.7. The fraction of sp³-hybridized carbons (Fsp3) is 0.462. The SMILES string of the molecule is NC(=O)C1CCCN(S(=O)(=O)NCc2ccccc2)C1. The summed E-state index contributed by atoms with van der Waals surface area (Å²) in [6.45, 7) is 0.828. The van der Waals surface area contributed by atoms with Gasteiger partial charge in [0.05, 0.1) is 5.92 Å². The maximum absolute atomic E-state index is 12.2. The fourth-order valence-corrected chi connectivity index (χ4v) is 3.53. The average Bonchev–Trinajstić information content (AvgIpc) is 2.46. The molecule has 0 saturated carbocycles. The molecule has 6 nitrogen and oxygen atoms in total. The van der Waals surface area contributed by atoms with Crippen molar-refractivity contribution in [1.82, 2.24) is 9.03 Å². The van der Waals surface area contributed by atoms with Crippen molar-refractivity contribution in [1.29, 1.82) is 0 Å². The van der Waals surface area contributed by atoms with Crippen LogP contribution in [0.3, 0.4) is 0 Å². The molecule has 3 N–H and O–H groups in total. The number of primary amides is 1. The summed E-state index contributed by atoms with van der Waals surface area (Å²) < 4.78 is 28.2. The molecule has 1 atom stereocenters. The zero-order valence-corrected chi connectivity index (χ0v) is 12.0. The number of nitrogens with two attached hydrogens (primary N) is 1. The Morgan fingerprint density at radius 2 is 2.05 bits per heavy atom. The van der Waals surface area contributed by atoms with Gasteiger partial charge in [0.2, 0.25) is 5.91 Å². The van der Waals surface area contributed by atoms with E-state index in [2.05, 4.69) is 4.72 Å². The Morgan fingerprint density at radius 1 is 1.35 bits per heavy atom. The van der Waals surface area contributed by atoms with E-state index in [0.717, 1.165) is 5.56 Å². The van der Waals surface area contributed by atoms with Gasteiger partial charge in [0.1, 0.15) is 0 Å². The van der Waals surface area contributed by atoms with Gasteiger partial charge in [-0.25, -0.2) is 0 Å². The first-order valence-electron chi connectivity index (χ1n) is 6.57. The van der Waals surface area contributed by atoms with Crippen LogP contribution < -0.4 is 10.5 Å². The third kappa shape index (κ3) is 3.78. The van der Waals surface area contributed by atoms with Gasteiger partial charge in [-0.15, -0.1) is 0 Å². The minimum atomic E-state index is -3.57. The van der Waals surface area contributed by atoms with E-state index in [0.29, 0.717) is 19.4 Å². The molecule has 1 unspecified atom stereocenters. The maximum Gasteiger partial charge on any atom is 0.279 e. The number of rotatable bonds is 5. The van der Waals surface area contributed by atoms with Gasteiger partial charge in [-0.3, -0.25) is 4.79 Å². The standard InChI is InChI=1S/C13H19N3O3S/c14-13(17)12-7-4-8-16(10-12)20(18,19)15-9-11-5-2-1-3-6-11/h1-3,5-6,12,15H,4,7-10H2,(H2,14,17). The first-order chi connectivity index (χ1) is 9.49. The third-order valence-corrected chi connectivity index (χ3v) is 4.95. The van der Waals surface area contributed by atoms with Crippen LogP contribution in [-0.2, 0) is 21.5 Å². The topological polar surface area (TPSA) is 92.5 Å². The summed E-state index contributed by atoms with van der Waals surface area (Å²) >= 11 is 0. The number of nitrogens with zero attached hydrogens (tertiary/aromatic N) is 1. The van der Waals surface area contributed by atoms with Crippen LogP contribution in [-0.4, -0.2) is 31.7 Å². The Hall–Kier alpha value is -1.44. The molecule has 2 rings (SSSR count). The van der Waals surface area contributed by atoms with Crippen molar-refractivity contribution < 1.29 is 13.2 Å². The van der Waals surface area contributed by atoms with Crippen LogP contribution in [0.4, 0.5) is 0 Å². The van der Waals surface area contributed by atoms with E-state index in [1.54, 1.807) is 0 Å². The number of benzene rings is 1. The molecule has 1 heterocycles. The molecular formula is C13H19N3O3S. The molecule has 110 valence electrons. The summed E-state index contributed by atoms with van der Waals surface area (Å²) in [5.74, 6) is -0.829. The lowest BCUT2D eigenvalue weighted by molar-refractivity contribution is -0.122. The van der Waals surface area contributed by atoms with Crippen LogP contribution in [0.5, 0.6) is 0 Å². The molecule has 0 bridgehead atoms. The molecule has 1 aliphatic heterocycles. The minimum Gasteiger partial charge on any atom is -0.369 e. The second-order valence-corrected chi connectivity index (χ2v) is 6.67. The van der Waals surface area contributed by atoms with Crippen molar-refractivity contribution in [2.24, 2.45) is 11.7 Å². The van der Waals surface area contributed by atoms with Crippen molar-refractivity contribution in [3.8, 4) is 0 Å². The lowest BCUT2D eigenvalue weighted by Crippen LogP contribution is -2.48. The molecule has 1 aromatic rings. The highest BCUT2D eigenvalue weighted by Crippen LogP contribution is 2.18. The van der Waals surface area contributed by atoms with Crippen molar-refractivity contribution in [3.05, 3.63) is 35.9 Å². The molecule has 1 saturated heterocycles. The van der Waals surface area contributed by atoms with Crippen LogP contribution in [0.1, 0.15) is 18.4 Å². The molecule has 0 spiro atoms. The van der Waals surface area contributed by atoms with Gasteiger partial charge in [-0.2, -0.15) is 17.4 Å². The van der Waals surface area contributed by atoms with E-state index in [-0.39, 0.29) is 13.1 Å². The smallest absolute Gasteiger partial charge is 0.279 e. The van der Waals surface area contributed by atoms with Crippen LogP contribution in [0, 0.1) is 5.92 Å². The molecule has 0 radical (unpaired) electrons. The number of carbonyl (C=O) groups is 1. The molecule has 7 heteroatoms. The van der Waals surface area contributed by atoms with Gasteiger partial charge in [-0.1, -0.05) is 30.3 Å².